The van der Waals surface area contributed by atoms with Gasteiger partial charge in [-0.3, -0.25) is 0 Å². The molecule has 0 heterocycles. The zero-order valence-corrected chi connectivity index (χ0v) is 13.9. The van der Waals surface area contributed by atoms with Crippen molar-refractivity contribution in [3.63, 3.8) is 0 Å². The van der Waals surface area contributed by atoms with Gasteiger partial charge in [-0.15, -0.1) is 0 Å². The Kier molecular flexibility index (Phi) is 276. The third-order valence-corrected chi connectivity index (χ3v) is 0. The summed E-state index contributed by atoms with van der Waals surface area (Å²) in [5.41, 5.74) is 0. The fourth-order valence-corrected chi connectivity index (χ4v) is 0. The summed E-state index contributed by atoms with van der Waals surface area (Å²) in [6, 6.07) is 0. The summed E-state index contributed by atoms with van der Waals surface area (Å²) in [5, 5.41) is 0. The Hall–Kier alpha value is 1.63. The summed E-state index contributed by atoms with van der Waals surface area (Å²) in [5.74, 6) is 0. The van der Waals surface area contributed by atoms with Crippen LogP contribution in [0, 0.1) is 0 Å². The first-order valence-electron chi connectivity index (χ1n) is 0.236. The maximum atomic E-state index is 7.75. The van der Waals surface area contributed by atoms with Crippen LogP contribution in [0.1, 0.15) is 0 Å². The van der Waals surface area contributed by atoms with Gasteiger partial charge in [0.05, 0.1) is 0 Å². The van der Waals surface area contributed by atoms with E-state index in [2.05, 4.69) is 7.72 Å². The van der Waals surface area contributed by atoms with Crippen LogP contribution in [-0.4, -0.2) is 66.7 Å². The van der Waals surface area contributed by atoms with Gasteiger partial charge in [-0.2, -0.15) is 0 Å². The molecule has 0 atom stereocenters. The van der Waals surface area contributed by atoms with Gasteiger partial charge in [0.2, 0.25) is 0 Å². The van der Waals surface area contributed by atoms with Gasteiger partial charge in [-0.25, -0.2) is 0 Å². The minimum absolute atomic E-state index is 0. The van der Waals surface area contributed by atoms with Gasteiger partial charge in [-0.05, 0) is 0 Å². The molecule has 0 saturated heterocycles. The topological polar surface area (TPSA) is 48.6 Å². The van der Waals surface area contributed by atoms with Crippen LogP contribution in [0.5, 0.6) is 0 Å². The van der Waals surface area contributed by atoms with Crippen LogP contribution < -0.4 is 0 Å². The molecule has 0 bridgehead atoms. The molecule has 0 aromatic rings. The van der Waals surface area contributed by atoms with E-state index in [-0.39, 0.29) is 59.0 Å². The second-order valence-corrected chi connectivity index (χ2v) is 0. The predicted octanol–water partition coefficient (Wildman–Crippen LogP) is -3.42. The number of hydrogen-bond acceptors (Lipinski definition) is 1. The molecule has 0 aliphatic rings. The molecule has 0 saturated carbocycles. The van der Waals surface area contributed by atoms with Gasteiger partial charge in [0.25, 0.3) is 0 Å². The fourth-order valence-electron chi connectivity index (χ4n) is 0. The second-order valence-electron chi connectivity index (χ2n) is 0. The fraction of sp³-hybridized carbons (Fsp3) is 0. The molecule has 0 rings (SSSR count). The summed E-state index contributed by atoms with van der Waals surface area (Å²) in [6.45, 7) is 0. The zero-order valence-electron chi connectivity index (χ0n) is 2.90. The van der Waals surface area contributed by atoms with E-state index in [1.54, 1.807) is 0 Å². The average Bonchev–Trinajstić information content (AvgIpc) is 1.00. The van der Waals surface area contributed by atoms with Crippen molar-refractivity contribution in [1.29, 1.82) is 0 Å². The first kappa shape index (κ1) is 30.4. The molecule has 3 radical (unpaired) electrons. The van der Waals surface area contributed by atoms with E-state index in [1.165, 1.54) is 0 Å². The van der Waals surface area contributed by atoms with Gasteiger partial charge in [0.1, 0.15) is 0 Å². The van der Waals surface area contributed by atoms with Crippen LogP contribution in [0.4, 0.5) is 0 Å². The quantitative estimate of drug-likeness (QED) is 0.344. The second kappa shape index (κ2) is 45.4. The summed E-state index contributed by atoms with van der Waals surface area (Å²) < 4.78 is 7.75. The molecule has 5 heavy (non-hydrogen) atoms. The molecule has 31 valence electrons. The Morgan fingerprint density at radius 1 is 1.20 bits per heavy atom. The van der Waals surface area contributed by atoms with Crippen molar-refractivity contribution in [3.8, 4) is 0 Å². The molecule has 5 heteroatoms. The van der Waals surface area contributed by atoms with Crippen LogP contribution in [0.15, 0.2) is 0 Å². The molecule has 0 aliphatic heterocycles. The Labute approximate surface area is 70.7 Å². The van der Waals surface area contributed by atoms with E-state index in [0.717, 1.165) is 0 Å². The van der Waals surface area contributed by atoms with Crippen molar-refractivity contribution in [2.24, 2.45) is 0 Å². The van der Waals surface area contributed by atoms with Crippen molar-refractivity contribution >= 4 is 61.2 Å². The first-order valence-corrected chi connectivity index (χ1v) is 0.236. The van der Waals surface area contributed by atoms with Gasteiger partial charge in [-0.1, -0.05) is 0 Å². The van der Waals surface area contributed by atoms with E-state index in [4.69, 9.17) is 4.70 Å². The van der Waals surface area contributed by atoms with E-state index in [9.17, 15) is 0 Å². The van der Waals surface area contributed by atoms with Crippen LogP contribution in [0.25, 0.3) is 0 Å². The van der Waals surface area contributed by atoms with Crippen LogP contribution in [0.3, 0.4) is 0 Å². The van der Waals surface area contributed by atoms with Gasteiger partial charge < -0.3 is 5.48 Å². The Morgan fingerprint density at radius 2 is 1.20 bits per heavy atom. The number of hydrogen-bond donors (Lipinski definition) is 0. The molecule has 0 aliphatic carbocycles. The monoisotopic (exact) mass is 467 g/mol. The predicted molar refractivity (Wildman–Crippen MR) is 28.5 cm³/mol. The van der Waals surface area contributed by atoms with Crippen molar-refractivity contribution < 1.29 is 10.2 Å². The van der Waals surface area contributed by atoms with Crippen LogP contribution >= 0.6 is 0 Å². The first-order chi connectivity index (χ1) is 1.00. The molecule has 2 nitrogen and oxygen atoms in total. The SMILES string of the molecule is O.[B]=O.[BiH3].[PbH2]. The molecule has 0 aromatic heterocycles. The van der Waals surface area contributed by atoms with Crippen molar-refractivity contribution in [1.82, 2.24) is 0 Å². The minimum atomic E-state index is 0. The summed E-state index contributed by atoms with van der Waals surface area (Å²) in [4.78, 5) is 0. The van der Waals surface area contributed by atoms with E-state index in [0.29, 0.717) is 0 Å². The molecule has 0 spiro atoms. The molecule has 2 N–H and O–H groups in total. The summed E-state index contributed by atoms with van der Waals surface area (Å²) >= 11 is 0. The molecule has 0 fully saturated rings. The normalized spacial score (nSPS) is 0.600. The van der Waals surface area contributed by atoms with Crippen molar-refractivity contribution in [3.05, 3.63) is 0 Å². The van der Waals surface area contributed by atoms with Gasteiger partial charge in [0.15, 0.2) is 0 Å². The maximum absolute atomic E-state index is 7.75. The standard InChI is InChI=1S/BO.Bi.H2O.Pb.5H/c1-2;;;;;;;;/h;;1H2;;;;;;. The van der Waals surface area contributed by atoms with E-state index in [1.807, 2.05) is 0 Å². The summed E-state index contributed by atoms with van der Waals surface area (Å²) in [6.07, 6.45) is 0. The molecular weight excluding hydrogens is 459 g/mol. The van der Waals surface area contributed by atoms with Crippen LogP contribution in [-0.2, 0) is 4.70 Å². The zero-order chi connectivity index (χ0) is 2.00. The number of rotatable bonds is 0. The molecular formula is H7BBiO2Pb. The molecule has 0 unspecified atom stereocenters. The van der Waals surface area contributed by atoms with Gasteiger partial charge >= 0.3 is 65.9 Å². The van der Waals surface area contributed by atoms with E-state index >= 15 is 0 Å². The Balaban J connectivity index is -0.00000000167. The van der Waals surface area contributed by atoms with Crippen LogP contribution in [0.2, 0.25) is 0 Å². The van der Waals surface area contributed by atoms with E-state index < -0.39 is 0 Å². The van der Waals surface area contributed by atoms with Gasteiger partial charge in [0, 0.05) is 0 Å². The summed E-state index contributed by atoms with van der Waals surface area (Å²) in [7, 11) is 3.25. The third-order valence-electron chi connectivity index (χ3n) is 0. The molecule has 0 amide bonds. The van der Waals surface area contributed by atoms with Crippen molar-refractivity contribution in [2.75, 3.05) is 0 Å². The Bertz CT molecular complexity index is 9.61. The Morgan fingerprint density at radius 3 is 1.20 bits per heavy atom. The molecule has 0 aromatic carbocycles. The average molecular weight is 466 g/mol. The van der Waals surface area contributed by atoms with Crippen molar-refractivity contribution in [2.45, 2.75) is 0 Å². The third kappa shape index (κ3) is 27.9.